The van der Waals surface area contributed by atoms with Crippen LogP contribution in [0.1, 0.15) is 0 Å². The van der Waals surface area contributed by atoms with Gasteiger partial charge < -0.3 is 0 Å². The highest BCUT2D eigenvalue weighted by atomic mass is 19.1. The summed E-state index contributed by atoms with van der Waals surface area (Å²) in [5, 5.41) is 0.845. The Kier molecular flexibility index (Phi) is 2.52. The highest BCUT2D eigenvalue weighted by Crippen LogP contribution is 2.26. The van der Waals surface area contributed by atoms with E-state index in [-0.39, 0.29) is 5.69 Å². The molecule has 3 aromatic rings. The van der Waals surface area contributed by atoms with Gasteiger partial charge in [-0.25, -0.2) is 8.78 Å². The maximum Gasteiger partial charge on any atom is 0.157 e. The van der Waals surface area contributed by atoms with E-state index in [0.29, 0.717) is 16.3 Å². The van der Waals surface area contributed by atoms with Crippen molar-refractivity contribution in [3.63, 3.8) is 0 Å². The van der Waals surface area contributed by atoms with E-state index in [4.69, 9.17) is 0 Å². The van der Waals surface area contributed by atoms with Crippen LogP contribution in [0.4, 0.5) is 8.78 Å². The Labute approximate surface area is 103 Å². The molecular formula is C15H9F2N. The smallest absolute Gasteiger partial charge is 0.157 e. The van der Waals surface area contributed by atoms with Gasteiger partial charge in [-0.2, -0.15) is 0 Å². The minimum atomic E-state index is -0.418. The predicted octanol–water partition coefficient (Wildman–Crippen LogP) is 4.18. The lowest BCUT2D eigenvalue weighted by Crippen LogP contribution is -1.91. The number of pyridine rings is 1. The molecule has 1 heterocycles. The van der Waals surface area contributed by atoms with E-state index in [1.165, 1.54) is 24.4 Å². The topological polar surface area (TPSA) is 12.9 Å². The SMILES string of the molecule is Fc1ccc2c([18F])c(-c3ccccc3)ncc2c1. The Hall–Kier alpha value is -2.29. The first-order valence-electron chi connectivity index (χ1n) is 5.55. The largest absolute Gasteiger partial charge is 0.252 e. The highest BCUT2D eigenvalue weighted by molar-refractivity contribution is 5.86. The molecule has 3 rings (SSSR count). The van der Waals surface area contributed by atoms with Gasteiger partial charge in [-0.3, -0.25) is 4.98 Å². The van der Waals surface area contributed by atoms with Crippen LogP contribution in [-0.2, 0) is 0 Å². The molecule has 0 saturated carbocycles. The van der Waals surface area contributed by atoms with Gasteiger partial charge in [0.25, 0.3) is 0 Å². The molecule has 0 aliphatic rings. The first-order chi connectivity index (χ1) is 8.75. The van der Waals surface area contributed by atoms with Crippen molar-refractivity contribution in [3.05, 3.63) is 66.4 Å². The van der Waals surface area contributed by atoms with Crippen molar-refractivity contribution in [2.24, 2.45) is 0 Å². The average molecular weight is 240 g/mol. The summed E-state index contributed by atoms with van der Waals surface area (Å²) in [6.45, 7) is 0. The summed E-state index contributed by atoms with van der Waals surface area (Å²) in [6.07, 6.45) is 1.49. The maximum atomic E-state index is 14.3. The van der Waals surface area contributed by atoms with Crippen molar-refractivity contribution in [2.45, 2.75) is 0 Å². The highest BCUT2D eigenvalue weighted by Gasteiger charge is 2.10. The van der Waals surface area contributed by atoms with Crippen LogP contribution in [0.2, 0.25) is 0 Å². The molecule has 0 N–H and O–H groups in total. The number of hydrogen-bond acceptors (Lipinski definition) is 1. The molecule has 88 valence electrons. The van der Waals surface area contributed by atoms with E-state index in [0.717, 1.165) is 0 Å². The van der Waals surface area contributed by atoms with Gasteiger partial charge in [0.1, 0.15) is 11.5 Å². The number of fused-ring (bicyclic) bond motifs is 1. The van der Waals surface area contributed by atoms with Crippen LogP contribution in [-0.4, -0.2) is 4.98 Å². The molecule has 0 unspecified atom stereocenters. The van der Waals surface area contributed by atoms with E-state index < -0.39 is 11.6 Å². The van der Waals surface area contributed by atoms with Gasteiger partial charge in [0.15, 0.2) is 5.82 Å². The first kappa shape index (κ1) is 10.8. The first-order valence-corrected chi connectivity index (χ1v) is 5.55. The van der Waals surface area contributed by atoms with Crippen molar-refractivity contribution in [3.8, 4) is 11.3 Å². The molecule has 0 fully saturated rings. The fourth-order valence-corrected chi connectivity index (χ4v) is 1.96. The molecule has 0 aliphatic heterocycles. The summed E-state index contributed by atoms with van der Waals surface area (Å²) >= 11 is 0. The Morgan fingerprint density at radius 1 is 0.889 bits per heavy atom. The number of halogens is 2. The van der Waals surface area contributed by atoms with Crippen molar-refractivity contribution in [2.75, 3.05) is 0 Å². The van der Waals surface area contributed by atoms with Crippen LogP contribution < -0.4 is 0 Å². The molecule has 1 aromatic heterocycles. The minimum absolute atomic E-state index is 0.287. The molecule has 0 atom stereocenters. The van der Waals surface area contributed by atoms with Crippen LogP contribution in [0, 0.1) is 11.6 Å². The number of nitrogens with zero attached hydrogens (tertiary/aromatic N) is 1. The number of hydrogen-bond donors (Lipinski definition) is 0. The molecule has 3 heteroatoms. The van der Waals surface area contributed by atoms with E-state index >= 15 is 0 Å². The standard InChI is InChI=1S/C15H9F2N/c16-12-6-7-13-11(8-12)9-18-15(14(13)17)10-4-2-1-3-5-10/h1-9H/i17-1. The molecule has 0 spiro atoms. The molecule has 18 heavy (non-hydrogen) atoms. The predicted molar refractivity (Wildman–Crippen MR) is 67.1 cm³/mol. The van der Waals surface area contributed by atoms with Crippen LogP contribution >= 0.6 is 0 Å². The normalized spacial score (nSPS) is 10.8. The van der Waals surface area contributed by atoms with Gasteiger partial charge in [0.05, 0.1) is 0 Å². The Morgan fingerprint density at radius 2 is 1.67 bits per heavy atom. The monoisotopic (exact) mass is 240 g/mol. The lowest BCUT2D eigenvalue weighted by molar-refractivity contribution is 0.626. The second-order valence-electron chi connectivity index (χ2n) is 4.02. The number of benzene rings is 2. The maximum absolute atomic E-state index is 14.3. The fraction of sp³-hybridized carbons (Fsp3) is 0. The third-order valence-corrected chi connectivity index (χ3v) is 2.84. The summed E-state index contributed by atoms with van der Waals surface area (Å²) in [7, 11) is 0. The molecular weight excluding hydrogens is 231 g/mol. The Balaban J connectivity index is 2.27. The molecule has 0 bridgehead atoms. The third kappa shape index (κ3) is 1.74. The zero-order chi connectivity index (χ0) is 12.5. The summed E-state index contributed by atoms with van der Waals surface area (Å²) in [4.78, 5) is 4.08. The third-order valence-electron chi connectivity index (χ3n) is 2.84. The number of aromatic nitrogens is 1. The summed E-state index contributed by atoms with van der Waals surface area (Å²) in [6, 6.07) is 13.1. The van der Waals surface area contributed by atoms with Gasteiger partial charge in [-0.05, 0) is 18.2 Å². The van der Waals surface area contributed by atoms with Gasteiger partial charge in [-0.15, -0.1) is 0 Å². The van der Waals surface area contributed by atoms with Crippen LogP contribution in [0.5, 0.6) is 0 Å². The van der Waals surface area contributed by atoms with E-state index in [2.05, 4.69) is 4.98 Å². The quantitative estimate of drug-likeness (QED) is 0.621. The molecule has 0 amide bonds. The zero-order valence-electron chi connectivity index (χ0n) is 9.40. The summed E-state index contributed by atoms with van der Waals surface area (Å²) in [5.74, 6) is -0.810. The van der Waals surface area contributed by atoms with Crippen molar-refractivity contribution < 1.29 is 8.78 Å². The Bertz CT molecular complexity index is 708. The zero-order valence-corrected chi connectivity index (χ0v) is 9.40. The van der Waals surface area contributed by atoms with Crippen LogP contribution in [0.15, 0.2) is 54.7 Å². The minimum Gasteiger partial charge on any atom is -0.252 e. The van der Waals surface area contributed by atoms with Crippen molar-refractivity contribution in [1.29, 1.82) is 0 Å². The van der Waals surface area contributed by atoms with Gasteiger partial charge in [-0.1, -0.05) is 30.3 Å². The van der Waals surface area contributed by atoms with E-state index in [1.54, 1.807) is 12.1 Å². The van der Waals surface area contributed by atoms with Gasteiger partial charge >= 0.3 is 0 Å². The fourth-order valence-electron chi connectivity index (χ4n) is 1.96. The van der Waals surface area contributed by atoms with Crippen molar-refractivity contribution >= 4 is 10.8 Å². The lowest BCUT2D eigenvalue weighted by atomic mass is 10.1. The molecule has 0 saturated heterocycles. The van der Waals surface area contributed by atoms with Gasteiger partial charge in [0, 0.05) is 22.5 Å². The second-order valence-corrected chi connectivity index (χ2v) is 4.02. The van der Waals surface area contributed by atoms with Crippen LogP contribution in [0.3, 0.4) is 0 Å². The molecule has 1 nitrogen and oxygen atoms in total. The van der Waals surface area contributed by atoms with Crippen LogP contribution in [0.25, 0.3) is 22.0 Å². The molecule has 0 radical (unpaired) electrons. The molecule has 0 aliphatic carbocycles. The second kappa shape index (κ2) is 4.18. The van der Waals surface area contributed by atoms with E-state index in [1.807, 2.05) is 18.2 Å². The average Bonchev–Trinajstić information content (AvgIpc) is 2.40. The summed E-state index contributed by atoms with van der Waals surface area (Å²) in [5.41, 5.74) is 0.996. The summed E-state index contributed by atoms with van der Waals surface area (Å²) < 4.78 is 27.3. The molecule has 2 aromatic carbocycles. The van der Waals surface area contributed by atoms with E-state index in [9.17, 15) is 8.78 Å². The number of rotatable bonds is 1. The lowest BCUT2D eigenvalue weighted by Gasteiger charge is -2.05. The van der Waals surface area contributed by atoms with Gasteiger partial charge in [0.2, 0.25) is 0 Å². The Morgan fingerprint density at radius 3 is 2.44 bits per heavy atom. The van der Waals surface area contributed by atoms with Crippen molar-refractivity contribution in [1.82, 2.24) is 4.98 Å².